The Labute approximate surface area is 121 Å². The molecule has 0 amide bonds. The normalized spacial score (nSPS) is 20.7. The third-order valence-corrected chi connectivity index (χ3v) is 4.68. The summed E-state index contributed by atoms with van der Waals surface area (Å²) in [5.41, 5.74) is -0.518. The van der Waals surface area contributed by atoms with Crippen molar-refractivity contribution in [2.75, 3.05) is 24.7 Å². The van der Waals surface area contributed by atoms with E-state index in [0.29, 0.717) is 18.8 Å². The first-order valence-corrected chi connectivity index (χ1v) is 8.27. The Bertz CT molecular complexity index is 587. The van der Waals surface area contributed by atoms with Gasteiger partial charge in [0.2, 0.25) is 10.0 Å². The van der Waals surface area contributed by atoms with Crippen molar-refractivity contribution in [3.05, 3.63) is 24.0 Å². The van der Waals surface area contributed by atoms with Crippen molar-refractivity contribution in [2.24, 2.45) is 0 Å². The molecule has 1 N–H and O–H groups in total. The predicted octanol–water partition coefficient (Wildman–Crippen LogP) is 1.94. The van der Waals surface area contributed by atoms with Crippen LogP contribution in [0.15, 0.2) is 18.3 Å². The van der Waals surface area contributed by atoms with Crippen LogP contribution in [0.25, 0.3) is 0 Å². The maximum atomic E-state index is 12.4. The predicted molar refractivity (Wildman–Crippen MR) is 72.3 cm³/mol. The third kappa shape index (κ3) is 4.07. The minimum atomic E-state index is -4.46. The molecule has 1 aromatic heterocycles. The van der Waals surface area contributed by atoms with Crippen LogP contribution < -0.4 is 5.32 Å². The molecule has 9 heteroatoms. The fourth-order valence-corrected chi connectivity index (χ4v) is 3.53. The third-order valence-electron chi connectivity index (χ3n) is 3.34. The fraction of sp³-hybridized carbons (Fsp3) is 0.583. The Morgan fingerprint density at radius 3 is 2.67 bits per heavy atom. The Balaban J connectivity index is 1.97. The summed E-state index contributed by atoms with van der Waals surface area (Å²) in [5.74, 6) is 0. The quantitative estimate of drug-likeness (QED) is 0.920. The average Bonchev–Trinajstić information content (AvgIpc) is 2.84. The first-order chi connectivity index (χ1) is 9.68. The van der Waals surface area contributed by atoms with E-state index in [9.17, 15) is 21.6 Å². The molecule has 0 unspecified atom stereocenters. The number of sulfonamides is 1. The zero-order valence-electron chi connectivity index (χ0n) is 11.4. The zero-order chi connectivity index (χ0) is 15.7. The Morgan fingerprint density at radius 2 is 2.14 bits per heavy atom. The van der Waals surface area contributed by atoms with Gasteiger partial charge in [0.15, 0.2) is 0 Å². The van der Waals surface area contributed by atoms with E-state index in [2.05, 4.69) is 10.3 Å². The van der Waals surface area contributed by atoms with E-state index in [1.807, 2.05) is 0 Å². The lowest BCUT2D eigenvalue weighted by Crippen LogP contribution is -2.38. The molecule has 0 bridgehead atoms. The molecule has 0 aromatic carbocycles. The van der Waals surface area contributed by atoms with Gasteiger partial charge in [0.05, 0.1) is 18.1 Å². The molecular weight excluding hydrogens is 307 g/mol. The van der Waals surface area contributed by atoms with Crippen LogP contribution in [0.5, 0.6) is 0 Å². The SMILES string of the molecule is CS(=O)(=O)N1CCC[C@@H]1CNc1ccc(C(F)(F)F)nc1. The molecule has 2 heterocycles. The summed E-state index contributed by atoms with van der Waals surface area (Å²) < 4.78 is 61.7. The smallest absolute Gasteiger partial charge is 0.382 e. The molecule has 0 spiro atoms. The van der Waals surface area contributed by atoms with Crippen molar-refractivity contribution in [2.45, 2.75) is 25.1 Å². The first kappa shape index (κ1) is 16.0. The van der Waals surface area contributed by atoms with Crippen LogP contribution >= 0.6 is 0 Å². The second kappa shape index (κ2) is 5.80. The second-order valence-corrected chi connectivity index (χ2v) is 6.92. The van der Waals surface area contributed by atoms with Gasteiger partial charge in [-0.1, -0.05) is 0 Å². The summed E-state index contributed by atoms with van der Waals surface area (Å²) in [6.45, 7) is 0.830. The highest BCUT2D eigenvalue weighted by Gasteiger charge is 2.33. The number of alkyl halides is 3. The van der Waals surface area contributed by atoms with Gasteiger partial charge < -0.3 is 5.32 Å². The van der Waals surface area contributed by atoms with Crippen molar-refractivity contribution in [1.29, 1.82) is 0 Å². The Hall–Kier alpha value is -1.35. The molecule has 0 radical (unpaired) electrons. The Kier molecular flexibility index (Phi) is 4.43. The van der Waals surface area contributed by atoms with Crippen molar-refractivity contribution in [3.63, 3.8) is 0 Å². The van der Waals surface area contributed by atoms with Crippen LogP contribution in [0.1, 0.15) is 18.5 Å². The summed E-state index contributed by atoms with van der Waals surface area (Å²) in [6, 6.07) is 2.00. The molecular formula is C12H16F3N3O2S. The average molecular weight is 323 g/mol. The molecule has 0 saturated carbocycles. The van der Waals surface area contributed by atoms with E-state index in [1.54, 1.807) is 0 Å². The van der Waals surface area contributed by atoms with Crippen molar-refractivity contribution < 1.29 is 21.6 Å². The zero-order valence-corrected chi connectivity index (χ0v) is 12.2. The van der Waals surface area contributed by atoms with Gasteiger partial charge in [-0.05, 0) is 25.0 Å². The lowest BCUT2D eigenvalue weighted by atomic mass is 10.2. The fourth-order valence-electron chi connectivity index (χ4n) is 2.35. The highest BCUT2D eigenvalue weighted by atomic mass is 32.2. The second-order valence-electron chi connectivity index (χ2n) is 4.98. The van der Waals surface area contributed by atoms with Crippen LogP contribution in [-0.2, 0) is 16.2 Å². The van der Waals surface area contributed by atoms with Crippen LogP contribution in [0.2, 0.25) is 0 Å². The largest absolute Gasteiger partial charge is 0.433 e. The van der Waals surface area contributed by atoms with E-state index in [-0.39, 0.29) is 6.04 Å². The summed E-state index contributed by atoms with van der Waals surface area (Å²) in [6.07, 6.45) is -0.691. The van der Waals surface area contributed by atoms with Crippen LogP contribution in [0, 0.1) is 0 Å². The molecule has 0 aliphatic carbocycles. The molecule has 1 fully saturated rings. The highest BCUT2D eigenvalue weighted by Crippen LogP contribution is 2.28. The minimum absolute atomic E-state index is 0.178. The number of rotatable bonds is 4. The van der Waals surface area contributed by atoms with E-state index < -0.39 is 21.9 Å². The highest BCUT2D eigenvalue weighted by molar-refractivity contribution is 7.88. The summed E-state index contributed by atoms with van der Waals surface area (Å²) in [7, 11) is -3.25. The molecule has 5 nitrogen and oxygen atoms in total. The van der Waals surface area contributed by atoms with Crippen LogP contribution in [0.4, 0.5) is 18.9 Å². The van der Waals surface area contributed by atoms with Gasteiger partial charge in [-0.2, -0.15) is 17.5 Å². The van der Waals surface area contributed by atoms with Gasteiger partial charge in [-0.15, -0.1) is 0 Å². The van der Waals surface area contributed by atoms with E-state index in [0.717, 1.165) is 31.4 Å². The number of hydrogen-bond donors (Lipinski definition) is 1. The summed E-state index contributed by atoms with van der Waals surface area (Å²) in [5, 5.41) is 2.93. The molecule has 1 atom stereocenters. The lowest BCUT2D eigenvalue weighted by Gasteiger charge is -2.22. The van der Waals surface area contributed by atoms with Gasteiger partial charge in [-0.3, -0.25) is 0 Å². The van der Waals surface area contributed by atoms with Gasteiger partial charge in [-0.25, -0.2) is 13.4 Å². The number of nitrogens with one attached hydrogen (secondary N) is 1. The molecule has 21 heavy (non-hydrogen) atoms. The lowest BCUT2D eigenvalue weighted by molar-refractivity contribution is -0.141. The van der Waals surface area contributed by atoms with Crippen LogP contribution in [0.3, 0.4) is 0 Å². The van der Waals surface area contributed by atoms with E-state index in [1.165, 1.54) is 10.4 Å². The van der Waals surface area contributed by atoms with Crippen molar-refractivity contribution in [1.82, 2.24) is 9.29 Å². The van der Waals surface area contributed by atoms with Gasteiger partial charge in [0.25, 0.3) is 0 Å². The maximum absolute atomic E-state index is 12.4. The first-order valence-electron chi connectivity index (χ1n) is 6.42. The molecule has 2 rings (SSSR count). The number of halogens is 3. The molecule has 1 saturated heterocycles. The molecule has 118 valence electrons. The topological polar surface area (TPSA) is 62.3 Å². The van der Waals surface area contributed by atoms with Crippen molar-refractivity contribution in [3.8, 4) is 0 Å². The maximum Gasteiger partial charge on any atom is 0.433 e. The molecule has 1 aliphatic heterocycles. The van der Waals surface area contributed by atoms with Gasteiger partial charge >= 0.3 is 6.18 Å². The standard InChI is InChI=1S/C12H16F3N3O2S/c1-21(19,20)18-6-2-3-10(18)8-16-9-4-5-11(17-7-9)12(13,14)15/h4-5,7,10,16H,2-3,6,8H2,1H3/t10-/m1/s1. The number of anilines is 1. The monoisotopic (exact) mass is 323 g/mol. The molecule has 1 aromatic rings. The van der Waals surface area contributed by atoms with Crippen molar-refractivity contribution >= 4 is 15.7 Å². The summed E-state index contributed by atoms with van der Waals surface area (Å²) in [4.78, 5) is 3.34. The van der Waals surface area contributed by atoms with E-state index in [4.69, 9.17) is 0 Å². The van der Waals surface area contributed by atoms with Gasteiger partial charge in [0, 0.05) is 19.1 Å². The Morgan fingerprint density at radius 1 is 1.43 bits per heavy atom. The van der Waals surface area contributed by atoms with Crippen LogP contribution in [-0.4, -0.2) is 43.1 Å². The number of hydrogen-bond acceptors (Lipinski definition) is 4. The number of pyridine rings is 1. The number of nitrogens with zero attached hydrogens (tertiary/aromatic N) is 2. The number of aromatic nitrogens is 1. The van der Waals surface area contributed by atoms with E-state index >= 15 is 0 Å². The minimum Gasteiger partial charge on any atom is -0.382 e. The summed E-state index contributed by atoms with van der Waals surface area (Å²) >= 11 is 0. The van der Waals surface area contributed by atoms with Gasteiger partial charge in [0.1, 0.15) is 5.69 Å². The molecule has 1 aliphatic rings.